The number of hydrogen-bond acceptors (Lipinski definition) is 2. The maximum atomic E-state index is 11.4. The average Bonchev–Trinajstić information content (AvgIpc) is 2.78. The van der Waals surface area contributed by atoms with Crippen molar-refractivity contribution < 1.29 is 6.17 Å². The van der Waals surface area contributed by atoms with Gasteiger partial charge >= 0.3 is 0 Å². The molecule has 2 aliphatic rings. The van der Waals surface area contributed by atoms with E-state index in [1.54, 1.807) is 4.90 Å². The Labute approximate surface area is 172 Å². The molecule has 1 fully saturated rings. The Bertz CT molecular complexity index is 894. The topological polar surface area (TPSA) is 33.2 Å². The third kappa shape index (κ3) is 3.36. The number of aromatic nitrogens is 1. The van der Waals surface area contributed by atoms with E-state index in [2.05, 4.69) is 57.0 Å². The number of amides is 1. The van der Waals surface area contributed by atoms with Crippen molar-refractivity contribution in [2.75, 3.05) is 13.1 Å². The van der Waals surface area contributed by atoms with Crippen molar-refractivity contribution in [1.29, 1.82) is 0 Å². The van der Waals surface area contributed by atoms with E-state index in [4.69, 9.17) is 6.35 Å². The standard InChI is InChI=1S/C21H22Br2N2O/c1-13-8-15-2-3-16-10-17(22)11-24-21(16)20(19(15)18(23)9-13)14-4-6-25(12-26)7-5-14/h8-12,14,20H,2-7H2,1H3/t20-/m0/s1/i12T. The van der Waals surface area contributed by atoms with Gasteiger partial charge in [0.2, 0.25) is 6.39 Å². The van der Waals surface area contributed by atoms with Crippen LogP contribution in [0.25, 0.3) is 0 Å². The summed E-state index contributed by atoms with van der Waals surface area (Å²) < 4.78 is 9.58. The fraction of sp³-hybridized carbons (Fsp3) is 0.429. The van der Waals surface area contributed by atoms with E-state index in [-0.39, 0.29) is 5.92 Å². The van der Waals surface area contributed by atoms with Crippen molar-refractivity contribution in [1.82, 2.24) is 9.88 Å². The van der Waals surface area contributed by atoms with Crippen LogP contribution in [0.15, 0.2) is 33.3 Å². The molecule has 0 N–H and O–H groups in total. The Morgan fingerprint density at radius 3 is 2.65 bits per heavy atom. The molecule has 2 heterocycles. The molecule has 0 spiro atoms. The van der Waals surface area contributed by atoms with E-state index in [1.807, 2.05) is 6.20 Å². The van der Waals surface area contributed by atoms with Crippen molar-refractivity contribution in [3.63, 3.8) is 0 Å². The number of halogens is 2. The lowest BCUT2D eigenvalue weighted by Crippen LogP contribution is -2.35. The van der Waals surface area contributed by atoms with E-state index < -0.39 is 6.39 Å². The lowest BCUT2D eigenvalue weighted by atomic mass is 9.76. The predicted molar refractivity (Wildman–Crippen MR) is 110 cm³/mol. The molecule has 3 nitrogen and oxygen atoms in total. The number of piperidine rings is 1. The van der Waals surface area contributed by atoms with Gasteiger partial charge in [-0.15, -0.1) is 0 Å². The number of carbonyl (C=O) groups excluding carboxylic acids is 1. The predicted octanol–water partition coefficient (Wildman–Crippen LogP) is 5.01. The summed E-state index contributed by atoms with van der Waals surface area (Å²) in [6.07, 6.45) is 5.17. The molecule has 5 heteroatoms. The lowest BCUT2D eigenvalue weighted by molar-refractivity contribution is -0.119. The molecule has 0 saturated carbocycles. The minimum atomic E-state index is -0.561. The second kappa shape index (κ2) is 7.43. The largest absolute Gasteiger partial charge is 0.345 e. The Kier molecular flexibility index (Phi) is 4.84. The lowest BCUT2D eigenvalue weighted by Gasteiger charge is -2.35. The summed E-state index contributed by atoms with van der Waals surface area (Å²) in [5.74, 6) is 0.646. The monoisotopic (exact) mass is 478 g/mol. The zero-order valence-corrected chi connectivity index (χ0v) is 17.9. The Hall–Kier alpha value is -1.20. The third-order valence-electron chi connectivity index (χ3n) is 5.74. The van der Waals surface area contributed by atoms with Gasteiger partial charge in [-0.3, -0.25) is 9.78 Å². The van der Waals surface area contributed by atoms with Crippen molar-refractivity contribution in [2.24, 2.45) is 5.92 Å². The number of likely N-dealkylation sites (tertiary alicyclic amines) is 1. The molecule has 1 amide bonds. The van der Waals surface area contributed by atoms with Crippen LogP contribution in [0.2, 0.25) is 0 Å². The number of benzene rings is 1. The van der Waals surface area contributed by atoms with Crippen LogP contribution in [0.1, 0.15) is 48.1 Å². The highest BCUT2D eigenvalue weighted by molar-refractivity contribution is 9.10. The SMILES string of the molecule is [3H]C(=O)N1CCC([C@@H]2c3ncc(Br)cc3CCc3cc(C)cc(Br)c32)CC1. The van der Waals surface area contributed by atoms with Gasteiger partial charge in [-0.2, -0.15) is 0 Å². The normalized spacial score (nSPS) is 20.8. The van der Waals surface area contributed by atoms with Crippen molar-refractivity contribution >= 4 is 38.2 Å². The van der Waals surface area contributed by atoms with Crippen LogP contribution >= 0.6 is 31.9 Å². The van der Waals surface area contributed by atoms with E-state index in [1.165, 1.54) is 32.4 Å². The number of pyridine rings is 1. The molecule has 1 atom stereocenters. The van der Waals surface area contributed by atoms with Crippen LogP contribution in [-0.4, -0.2) is 29.4 Å². The molecule has 0 bridgehead atoms. The van der Waals surface area contributed by atoms with E-state index in [0.717, 1.165) is 30.2 Å². The highest BCUT2D eigenvalue weighted by Crippen LogP contribution is 2.45. The first kappa shape index (κ1) is 16.9. The van der Waals surface area contributed by atoms with Crippen LogP contribution < -0.4 is 0 Å². The van der Waals surface area contributed by atoms with Crippen LogP contribution in [0, 0.1) is 12.8 Å². The molecule has 136 valence electrons. The number of rotatable bonds is 1. The van der Waals surface area contributed by atoms with Crippen molar-refractivity contribution in [2.45, 2.75) is 38.5 Å². The van der Waals surface area contributed by atoms with Gasteiger partial charge < -0.3 is 4.90 Å². The first-order valence-electron chi connectivity index (χ1n) is 9.62. The van der Waals surface area contributed by atoms with Crippen LogP contribution in [-0.2, 0) is 17.6 Å². The smallest absolute Gasteiger partial charge is 0.209 e. The molecule has 1 aliphatic heterocycles. The molecule has 0 unspecified atom stereocenters. The first-order valence-corrected chi connectivity index (χ1v) is 10.7. The summed E-state index contributed by atoms with van der Waals surface area (Å²) >= 11 is 7.42. The Balaban J connectivity index is 1.80. The van der Waals surface area contributed by atoms with Crippen LogP contribution in [0.3, 0.4) is 0 Å². The minimum Gasteiger partial charge on any atom is -0.345 e. The highest BCUT2D eigenvalue weighted by Gasteiger charge is 2.35. The van der Waals surface area contributed by atoms with Gasteiger partial charge in [0, 0.05) is 34.1 Å². The van der Waals surface area contributed by atoms with E-state index >= 15 is 0 Å². The maximum Gasteiger partial charge on any atom is 0.209 e. The number of carbonyl (C=O) groups is 1. The second-order valence-electron chi connectivity index (χ2n) is 7.41. The molecule has 1 aromatic heterocycles. The number of nitrogens with zero attached hydrogens (tertiary/aromatic N) is 2. The highest BCUT2D eigenvalue weighted by atomic mass is 79.9. The summed E-state index contributed by atoms with van der Waals surface area (Å²) in [6, 6.07) is 6.74. The number of hydrogen-bond donors (Lipinski definition) is 0. The number of fused-ring (bicyclic) bond motifs is 2. The summed E-state index contributed by atoms with van der Waals surface area (Å²) in [5.41, 5.74) is 6.53. The van der Waals surface area contributed by atoms with Gasteiger partial charge in [0.25, 0.3) is 0 Å². The van der Waals surface area contributed by atoms with Gasteiger partial charge in [0.15, 0.2) is 0 Å². The Morgan fingerprint density at radius 1 is 1.19 bits per heavy atom. The fourth-order valence-corrected chi connectivity index (χ4v) is 5.78. The van der Waals surface area contributed by atoms with Gasteiger partial charge in [0.05, 0.1) is 5.69 Å². The summed E-state index contributed by atoms with van der Waals surface area (Å²) in [6.45, 7) is 3.47. The molecular formula is C21H22Br2N2O. The zero-order valence-electron chi connectivity index (χ0n) is 15.8. The van der Waals surface area contributed by atoms with Gasteiger partial charge in [-0.05, 0) is 88.8 Å². The van der Waals surface area contributed by atoms with Gasteiger partial charge in [-0.25, -0.2) is 0 Å². The molecule has 1 saturated heterocycles. The zero-order chi connectivity index (χ0) is 19.1. The molecule has 2 aromatic rings. The summed E-state index contributed by atoms with van der Waals surface area (Å²) in [5, 5.41) is 0. The summed E-state index contributed by atoms with van der Waals surface area (Å²) in [7, 11) is 0. The molecule has 4 rings (SSSR count). The van der Waals surface area contributed by atoms with Crippen molar-refractivity contribution in [3.05, 3.63) is 61.3 Å². The number of aryl methyl sites for hydroxylation is 3. The minimum absolute atomic E-state index is 0.226. The van der Waals surface area contributed by atoms with Crippen LogP contribution in [0.4, 0.5) is 0 Å². The van der Waals surface area contributed by atoms with E-state index in [9.17, 15) is 4.79 Å². The Morgan fingerprint density at radius 2 is 1.92 bits per heavy atom. The van der Waals surface area contributed by atoms with E-state index in [0.29, 0.717) is 19.0 Å². The molecular weight excluding hydrogens is 456 g/mol. The molecule has 0 radical (unpaired) electrons. The quantitative estimate of drug-likeness (QED) is 0.538. The van der Waals surface area contributed by atoms with Crippen LogP contribution in [0.5, 0.6) is 0 Å². The first-order chi connectivity index (χ1) is 12.9. The van der Waals surface area contributed by atoms with Gasteiger partial charge in [-0.1, -0.05) is 22.0 Å². The molecule has 1 aromatic carbocycles. The molecule has 1 aliphatic carbocycles. The summed E-state index contributed by atoms with van der Waals surface area (Å²) in [4.78, 5) is 17.9. The molecule has 26 heavy (non-hydrogen) atoms. The fourth-order valence-electron chi connectivity index (χ4n) is 4.54. The maximum absolute atomic E-state index is 11.4. The van der Waals surface area contributed by atoms with Crippen molar-refractivity contribution in [3.8, 4) is 0 Å². The third-order valence-corrected chi connectivity index (χ3v) is 6.83. The average molecular weight is 480 g/mol. The second-order valence-corrected chi connectivity index (χ2v) is 9.18. The van der Waals surface area contributed by atoms with Gasteiger partial charge in [0.1, 0.15) is 1.37 Å².